The predicted octanol–water partition coefficient (Wildman–Crippen LogP) is 3.85. The van der Waals surface area contributed by atoms with E-state index >= 15 is 0 Å². The third kappa shape index (κ3) is 6.74. The maximum atomic E-state index is 11.0. The molecular weight excluding hydrogens is 389 g/mol. The second kappa shape index (κ2) is 9.86. The highest BCUT2D eigenvalue weighted by Crippen LogP contribution is 2.44. The molecule has 3 rings (SSSR count). The maximum absolute atomic E-state index is 11.0. The molecule has 1 saturated carbocycles. The Kier molecular flexibility index (Phi) is 7.71. The Morgan fingerprint density at radius 1 is 1.31 bits per heavy atom. The first-order valence-corrected chi connectivity index (χ1v) is 12.1. The molecule has 0 spiro atoms. The van der Waals surface area contributed by atoms with Gasteiger partial charge in [0.15, 0.2) is 0 Å². The Bertz CT molecular complexity index is 762. The van der Waals surface area contributed by atoms with Crippen molar-refractivity contribution in [1.82, 2.24) is 0 Å². The summed E-state index contributed by atoms with van der Waals surface area (Å²) in [5.74, 6) is 0.938. The first kappa shape index (κ1) is 22.7. The Labute approximate surface area is 173 Å². The number of phosphoric ester groups is 1. The highest BCUT2D eigenvalue weighted by atomic mass is 31.2. The van der Waals surface area contributed by atoms with Gasteiger partial charge in [0.25, 0.3) is 0 Å². The van der Waals surface area contributed by atoms with Crippen LogP contribution in [0.1, 0.15) is 61.1 Å². The van der Waals surface area contributed by atoms with Gasteiger partial charge in [0.1, 0.15) is 0 Å². The van der Waals surface area contributed by atoms with Crippen molar-refractivity contribution < 1.29 is 23.6 Å². The molecule has 3 atom stereocenters. The number of allylic oxidation sites excluding steroid dienone is 2. The van der Waals surface area contributed by atoms with Gasteiger partial charge in [0.2, 0.25) is 0 Å². The SMILES string of the molecule is COCCC/C=C/[C@H]1CCc2cc([C@H]3CC[C@](N)(COP(=O)(O)O)C3)ccc2C1. The van der Waals surface area contributed by atoms with Crippen LogP contribution in [0.2, 0.25) is 0 Å². The van der Waals surface area contributed by atoms with Gasteiger partial charge in [-0.15, -0.1) is 0 Å². The van der Waals surface area contributed by atoms with Crippen molar-refractivity contribution in [3.05, 3.63) is 47.0 Å². The summed E-state index contributed by atoms with van der Waals surface area (Å²) < 4.78 is 20.8. The second-order valence-electron chi connectivity index (χ2n) is 8.66. The molecule has 0 unspecified atom stereocenters. The average molecular weight is 423 g/mol. The van der Waals surface area contributed by atoms with E-state index in [2.05, 4.69) is 34.9 Å². The van der Waals surface area contributed by atoms with Gasteiger partial charge in [-0.05, 0) is 79.9 Å². The number of nitrogens with two attached hydrogens (primary N) is 1. The molecule has 162 valence electrons. The molecule has 0 heterocycles. The summed E-state index contributed by atoms with van der Waals surface area (Å²) in [6.45, 7) is 0.717. The van der Waals surface area contributed by atoms with E-state index < -0.39 is 13.4 Å². The van der Waals surface area contributed by atoms with Gasteiger partial charge >= 0.3 is 7.82 Å². The Hall–Kier alpha value is -1.01. The molecule has 4 N–H and O–H groups in total. The minimum absolute atomic E-state index is 0.100. The number of rotatable bonds is 9. The number of phosphoric acid groups is 1. The van der Waals surface area contributed by atoms with E-state index in [4.69, 9.17) is 20.3 Å². The number of ether oxygens (including phenoxy) is 1. The highest BCUT2D eigenvalue weighted by Gasteiger charge is 2.38. The quantitative estimate of drug-likeness (QED) is 0.317. The molecule has 0 aliphatic heterocycles. The van der Waals surface area contributed by atoms with Crippen LogP contribution in [0.25, 0.3) is 0 Å². The van der Waals surface area contributed by atoms with Crippen LogP contribution in [-0.2, 0) is 26.7 Å². The summed E-state index contributed by atoms with van der Waals surface area (Å²) in [6, 6.07) is 6.80. The summed E-state index contributed by atoms with van der Waals surface area (Å²) in [4.78, 5) is 17.9. The standard InChI is InChI=1S/C22H34NO5P/c1-27-12-4-2-3-5-17-6-7-19-14-20(9-8-18(19)13-17)21-10-11-22(23,15-21)16-28-29(24,25)26/h3,5,8-9,14,17,21H,2,4,6-7,10-13,15-16,23H2,1H3,(H2,24,25,26)/b5-3+/t17-,21-,22+/m0/s1. The molecule has 0 radical (unpaired) electrons. The molecule has 1 aromatic rings. The number of unbranched alkanes of at least 4 members (excludes halogenated alkanes) is 1. The van der Waals surface area contributed by atoms with Gasteiger partial charge in [-0.3, -0.25) is 4.52 Å². The van der Waals surface area contributed by atoms with Crippen LogP contribution in [0, 0.1) is 5.92 Å². The molecular formula is C22H34NO5P. The minimum atomic E-state index is -4.48. The van der Waals surface area contributed by atoms with Gasteiger partial charge in [0.05, 0.1) is 6.61 Å². The molecule has 0 amide bonds. The number of methoxy groups -OCH3 is 1. The van der Waals surface area contributed by atoms with E-state index in [1.54, 1.807) is 7.11 Å². The van der Waals surface area contributed by atoms with Crippen LogP contribution in [0.15, 0.2) is 30.4 Å². The number of hydrogen-bond acceptors (Lipinski definition) is 4. The number of fused-ring (bicyclic) bond motifs is 1. The van der Waals surface area contributed by atoms with Crippen LogP contribution in [-0.4, -0.2) is 35.6 Å². The van der Waals surface area contributed by atoms with E-state index in [1.165, 1.54) is 23.1 Å². The average Bonchev–Trinajstić information content (AvgIpc) is 3.08. The summed E-state index contributed by atoms with van der Waals surface area (Å²) in [6.07, 6.45) is 12.5. The van der Waals surface area contributed by atoms with Crippen molar-refractivity contribution >= 4 is 7.82 Å². The first-order valence-electron chi connectivity index (χ1n) is 10.5. The monoisotopic (exact) mass is 423 g/mol. The van der Waals surface area contributed by atoms with Gasteiger partial charge in [-0.25, -0.2) is 4.57 Å². The lowest BCUT2D eigenvalue weighted by Crippen LogP contribution is -2.41. The topological polar surface area (TPSA) is 102 Å². The van der Waals surface area contributed by atoms with Gasteiger partial charge in [0, 0.05) is 19.3 Å². The third-order valence-corrected chi connectivity index (χ3v) is 6.73. The summed E-state index contributed by atoms with van der Waals surface area (Å²) in [5, 5.41) is 0. The van der Waals surface area contributed by atoms with Crippen molar-refractivity contribution in [3.63, 3.8) is 0 Å². The molecule has 1 fully saturated rings. The Morgan fingerprint density at radius 2 is 2.14 bits per heavy atom. The van der Waals surface area contributed by atoms with Crippen molar-refractivity contribution in [1.29, 1.82) is 0 Å². The van der Waals surface area contributed by atoms with Crippen LogP contribution in [0.4, 0.5) is 0 Å². The van der Waals surface area contributed by atoms with Crippen LogP contribution >= 0.6 is 7.82 Å². The molecule has 6 nitrogen and oxygen atoms in total. The summed E-state index contributed by atoms with van der Waals surface area (Å²) in [5.41, 5.74) is 9.85. The Morgan fingerprint density at radius 3 is 2.90 bits per heavy atom. The summed E-state index contributed by atoms with van der Waals surface area (Å²) >= 11 is 0. The number of benzene rings is 1. The van der Waals surface area contributed by atoms with Crippen LogP contribution in [0.5, 0.6) is 0 Å². The lowest BCUT2D eigenvalue weighted by Gasteiger charge is -2.25. The Balaban J connectivity index is 1.56. The normalized spacial score (nSPS) is 27.4. The molecule has 1 aromatic carbocycles. The van der Waals surface area contributed by atoms with Gasteiger partial charge < -0.3 is 20.3 Å². The first-order chi connectivity index (χ1) is 13.8. The fraction of sp³-hybridized carbons (Fsp3) is 0.636. The fourth-order valence-corrected chi connectivity index (χ4v) is 5.07. The van der Waals surface area contributed by atoms with Gasteiger partial charge in [-0.2, -0.15) is 0 Å². The molecule has 2 aliphatic carbocycles. The highest BCUT2D eigenvalue weighted by molar-refractivity contribution is 7.46. The number of aryl methyl sites for hydroxylation is 1. The van der Waals surface area contributed by atoms with Crippen LogP contribution in [0.3, 0.4) is 0 Å². The third-order valence-electron chi connectivity index (χ3n) is 6.26. The molecule has 7 heteroatoms. The van der Waals surface area contributed by atoms with Crippen LogP contribution < -0.4 is 5.73 Å². The van der Waals surface area contributed by atoms with E-state index in [0.717, 1.165) is 38.7 Å². The number of hydrogen-bond donors (Lipinski definition) is 3. The van der Waals surface area contributed by atoms with Gasteiger partial charge in [-0.1, -0.05) is 30.4 Å². The molecule has 0 bridgehead atoms. The molecule has 0 saturated heterocycles. The van der Waals surface area contributed by atoms with Crippen molar-refractivity contribution in [3.8, 4) is 0 Å². The zero-order chi connectivity index (χ0) is 20.9. The lowest BCUT2D eigenvalue weighted by atomic mass is 9.81. The summed E-state index contributed by atoms with van der Waals surface area (Å²) in [7, 11) is -2.74. The van der Waals surface area contributed by atoms with E-state index in [1.807, 2.05) is 0 Å². The smallest absolute Gasteiger partial charge is 0.385 e. The van der Waals surface area contributed by atoms with Crippen molar-refractivity contribution in [2.24, 2.45) is 11.7 Å². The van der Waals surface area contributed by atoms with Crippen molar-refractivity contribution in [2.75, 3.05) is 20.3 Å². The zero-order valence-corrected chi connectivity index (χ0v) is 18.2. The lowest BCUT2D eigenvalue weighted by molar-refractivity contribution is 0.153. The van der Waals surface area contributed by atoms with E-state index in [9.17, 15) is 4.57 Å². The fourth-order valence-electron chi connectivity index (χ4n) is 4.64. The van der Waals surface area contributed by atoms with Crippen molar-refractivity contribution in [2.45, 2.75) is 62.8 Å². The zero-order valence-electron chi connectivity index (χ0n) is 17.3. The maximum Gasteiger partial charge on any atom is 0.469 e. The largest absolute Gasteiger partial charge is 0.469 e. The predicted molar refractivity (Wildman–Crippen MR) is 114 cm³/mol. The van der Waals surface area contributed by atoms with E-state index in [-0.39, 0.29) is 6.61 Å². The molecule has 2 aliphatic rings. The molecule has 0 aromatic heterocycles. The second-order valence-corrected chi connectivity index (χ2v) is 9.90. The minimum Gasteiger partial charge on any atom is -0.385 e. The van der Waals surface area contributed by atoms with E-state index in [0.29, 0.717) is 24.7 Å². The molecule has 29 heavy (non-hydrogen) atoms.